The fraction of sp³-hybridized carbons (Fsp3) is 0.308. The summed E-state index contributed by atoms with van der Waals surface area (Å²) < 4.78 is 13.1. The molecule has 2 nitrogen and oxygen atoms in total. The minimum Gasteiger partial charge on any atom is -0.348 e. The summed E-state index contributed by atoms with van der Waals surface area (Å²) in [6.07, 6.45) is 6.64. The third-order valence-corrected chi connectivity index (χ3v) is 3.33. The van der Waals surface area contributed by atoms with Crippen LogP contribution in [0.5, 0.6) is 0 Å². The van der Waals surface area contributed by atoms with Crippen LogP contribution in [0.1, 0.15) is 29.2 Å². The van der Waals surface area contributed by atoms with Gasteiger partial charge in [-0.1, -0.05) is 6.07 Å². The van der Waals surface area contributed by atoms with Crippen molar-refractivity contribution in [1.82, 2.24) is 9.97 Å². The van der Waals surface area contributed by atoms with E-state index in [1.807, 2.05) is 12.3 Å². The molecule has 0 spiro atoms. The van der Waals surface area contributed by atoms with Crippen LogP contribution in [0, 0.1) is 5.82 Å². The fourth-order valence-electron chi connectivity index (χ4n) is 2.55. The van der Waals surface area contributed by atoms with Gasteiger partial charge < -0.3 is 4.98 Å². The van der Waals surface area contributed by atoms with Crippen molar-refractivity contribution in [2.75, 3.05) is 0 Å². The molecule has 0 saturated carbocycles. The molecule has 0 amide bonds. The average molecular weight is 216 g/mol. The van der Waals surface area contributed by atoms with Crippen LogP contribution >= 0.6 is 0 Å². The molecule has 82 valence electrons. The maximum atomic E-state index is 13.1. The Hall–Kier alpha value is -1.64. The Balaban J connectivity index is 1.86. The van der Waals surface area contributed by atoms with E-state index >= 15 is 0 Å². The van der Waals surface area contributed by atoms with Crippen LogP contribution in [0.2, 0.25) is 0 Å². The molecular weight excluding hydrogens is 203 g/mol. The third kappa shape index (κ3) is 1.62. The number of nitrogens with one attached hydrogen (secondary N) is 1. The van der Waals surface area contributed by atoms with Gasteiger partial charge in [-0.15, -0.1) is 0 Å². The lowest BCUT2D eigenvalue weighted by molar-refractivity contribution is 0.625. The van der Waals surface area contributed by atoms with Gasteiger partial charge in [0.1, 0.15) is 5.82 Å². The molecule has 1 heterocycles. The Morgan fingerprint density at radius 1 is 1.44 bits per heavy atom. The third-order valence-electron chi connectivity index (χ3n) is 3.33. The van der Waals surface area contributed by atoms with Crippen molar-refractivity contribution in [1.29, 1.82) is 0 Å². The highest BCUT2D eigenvalue weighted by Gasteiger charge is 2.23. The number of imidazole rings is 1. The summed E-state index contributed by atoms with van der Waals surface area (Å²) in [5, 5.41) is 0. The van der Waals surface area contributed by atoms with Gasteiger partial charge in [-0.05, 0) is 48.4 Å². The summed E-state index contributed by atoms with van der Waals surface area (Å²) in [6, 6.07) is 5.16. The zero-order valence-electron chi connectivity index (χ0n) is 8.91. The van der Waals surface area contributed by atoms with Gasteiger partial charge in [0, 0.05) is 11.9 Å². The van der Waals surface area contributed by atoms with Crippen molar-refractivity contribution in [3.8, 4) is 0 Å². The SMILES string of the molecule is Fc1ccc2c(c1)CC[C@H]2Cc1cnc[nH]1. The average Bonchev–Trinajstić information content (AvgIpc) is 2.89. The second kappa shape index (κ2) is 3.74. The summed E-state index contributed by atoms with van der Waals surface area (Å²) in [5.74, 6) is 0.386. The summed E-state index contributed by atoms with van der Waals surface area (Å²) in [7, 11) is 0. The Kier molecular flexibility index (Phi) is 2.24. The number of nitrogens with zero attached hydrogens (tertiary/aromatic N) is 1. The molecule has 3 heteroatoms. The molecule has 1 atom stereocenters. The van der Waals surface area contributed by atoms with Crippen LogP contribution in [0.15, 0.2) is 30.7 Å². The molecule has 1 aliphatic carbocycles. The van der Waals surface area contributed by atoms with Gasteiger partial charge in [0.05, 0.1) is 6.33 Å². The lowest BCUT2D eigenvalue weighted by atomic mass is 9.96. The van der Waals surface area contributed by atoms with E-state index in [-0.39, 0.29) is 5.82 Å². The Labute approximate surface area is 93.5 Å². The number of H-pyrrole nitrogens is 1. The summed E-state index contributed by atoms with van der Waals surface area (Å²) in [5.41, 5.74) is 3.63. The molecule has 0 bridgehead atoms. The van der Waals surface area contributed by atoms with Gasteiger partial charge >= 0.3 is 0 Å². The first kappa shape index (κ1) is 9.58. The van der Waals surface area contributed by atoms with Crippen molar-refractivity contribution in [2.24, 2.45) is 0 Å². The van der Waals surface area contributed by atoms with E-state index in [9.17, 15) is 4.39 Å². The van der Waals surface area contributed by atoms with Crippen molar-refractivity contribution < 1.29 is 4.39 Å². The Bertz CT molecular complexity index is 491. The van der Waals surface area contributed by atoms with E-state index < -0.39 is 0 Å². The molecule has 0 radical (unpaired) electrons. The van der Waals surface area contributed by atoms with Gasteiger partial charge in [-0.2, -0.15) is 0 Å². The molecule has 1 aromatic heterocycles. The summed E-state index contributed by atoms with van der Waals surface area (Å²) in [4.78, 5) is 7.14. The zero-order chi connectivity index (χ0) is 11.0. The van der Waals surface area contributed by atoms with Gasteiger partial charge in [-0.3, -0.25) is 0 Å². The number of aromatic nitrogens is 2. The molecule has 16 heavy (non-hydrogen) atoms. The molecule has 1 N–H and O–H groups in total. The number of hydrogen-bond acceptors (Lipinski definition) is 1. The van der Waals surface area contributed by atoms with Crippen molar-refractivity contribution in [2.45, 2.75) is 25.2 Å². The van der Waals surface area contributed by atoms with E-state index in [4.69, 9.17) is 0 Å². The highest BCUT2D eigenvalue weighted by molar-refractivity contribution is 5.36. The van der Waals surface area contributed by atoms with Crippen molar-refractivity contribution >= 4 is 0 Å². The smallest absolute Gasteiger partial charge is 0.123 e. The molecule has 1 aliphatic rings. The number of rotatable bonds is 2. The topological polar surface area (TPSA) is 28.7 Å². The Morgan fingerprint density at radius 3 is 3.19 bits per heavy atom. The van der Waals surface area contributed by atoms with Crippen LogP contribution in [-0.2, 0) is 12.8 Å². The summed E-state index contributed by atoms with van der Waals surface area (Å²) >= 11 is 0. The fourth-order valence-corrected chi connectivity index (χ4v) is 2.55. The van der Waals surface area contributed by atoms with Gasteiger partial charge in [-0.25, -0.2) is 9.37 Å². The predicted molar refractivity (Wildman–Crippen MR) is 59.8 cm³/mol. The minimum atomic E-state index is -0.124. The largest absolute Gasteiger partial charge is 0.348 e. The first-order valence-electron chi connectivity index (χ1n) is 5.58. The highest BCUT2D eigenvalue weighted by Crippen LogP contribution is 2.35. The zero-order valence-corrected chi connectivity index (χ0v) is 8.91. The van der Waals surface area contributed by atoms with Crippen LogP contribution in [0.4, 0.5) is 4.39 Å². The molecule has 0 unspecified atom stereocenters. The molecule has 3 rings (SSSR count). The number of benzene rings is 1. The molecule has 0 saturated heterocycles. The van der Waals surface area contributed by atoms with Crippen molar-refractivity contribution in [3.05, 3.63) is 53.4 Å². The van der Waals surface area contributed by atoms with E-state index in [0.717, 1.165) is 25.0 Å². The predicted octanol–water partition coefficient (Wildman–Crippen LogP) is 2.82. The van der Waals surface area contributed by atoms with Gasteiger partial charge in [0.2, 0.25) is 0 Å². The van der Waals surface area contributed by atoms with Crippen LogP contribution in [0.3, 0.4) is 0 Å². The quantitative estimate of drug-likeness (QED) is 0.821. The van der Waals surface area contributed by atoms with Crippen molar-refractivity contribution in [3.63, 3.8) is 0 Å². The lowest BCUT2D eigenvalue weighted by Gasteiger charge is -2.09. The minimum absolute atomic E-state index is 0.124. The number of aromatic amines is 1. The summed E-state index contributed by atoms with van der Waals surface area (Å²) in [6.45, 7) is 0. The monoisotopic (exact) mass is 216 g/mol. The normalized spacial score (nSPS) is 18.7. The molecule has 1 aromatic carbocycles. The first-order valence-corrected chi connectivity index (χ1v) is 5.58. The second-order valence-electron chi connectivity index (χ2n) is 4.36. The van der Waals surface area contributed by atoms with Crippen LogP contribution < -0.4 is 0 Å². The lowest BCUT2D eigenvalue weighted by Crippen LogP contribution is -1.99. The molecule has 2 aromatic rings. The number of halogens is 1. The maximum absolute atomic E-state index is 13.1. The van der Waals surface area contributed by atoms with E-state index in [2.05, 4.69) is 9.97 Å². The standard InChI is InChI=1S/C13H13FN2/c14-11-3-4-13-9(5-11)1-2-10(13)6-12-7-15-8-16-12/h3-5,7-8,10H,1-2,6H2,(H,15,16)/t10-/m0/s1. The maximum Gasteiger partial charge on any atom is 0.123 e. The first-order chi connectivity index (χ1) is 7.83. The van der Waals surface area contributed by atoms with Gasteiger partial charge in [0.25, 0.3) is 0 Å². The van der Waals surface area contributed by atoms with E-state index in [1.165, 1.54) is 11.1 Å². The molecule has 0 aliphatic heterocycles. The van der Waals surface area contributed by atoms with E-state index in [0.29, 0.717) is 5.92 Å². The second-order valence-corrected chi connectivity index (χ2v) is 4.36. The van der Waals surface area contributed by atoms with Crippen LogP contribution in [0.25, 0.3) is 0 Å². The van der Waals surface area contributed by atoms with E-state index in [1.54, 1.807) is 18.5 Å². The number of aryl methyl sites for hydroxylation is 1. The van der Waals surface area contributed by atoms with Gasteiger partial charge in [0.15, 0.2) is 0 Å². The molecule has 0 fully saturated rings. The molecular formula is C13H13FN2. The number of fused-ring (bicyclic) bond motifs is 1. The Morgan fingerprint density at radius 2 is 2.38 bits per heavy atom. The number of hydrogen-bond donors (Lipinski definition) is 1. The highest BCUT2D eigenvalue weighted by atomic mass is 19.1. The van der Waals surface area contributed by atoms with Crippen LogP contribution in [-0.4, -0.2) is 9.97 Å².